The van der Waals surface area contributed by atoms with E-state index >= 15 is 0 Å². The van der Waals surface area contributed by atoms with Gasteiger partial charge in [-0.3, -0.25) is 4.79 Å². The molecule has 0 aromatic carbocycles. The van der Waals surface area contributed by atoms with Crippen molar-refractivity contribution in [3.8, 4) is 0 Å². The van der Waals surface area contributed by atoms with Crippen molar-refractivity contribution in [2.75, 3.05) is 17.3 Å². The van der Waals surface area contributed by atoms with Gasteiger partial charge in [0.2, 0.25) is 0 Å². The summed E-state index contributed by atoms with van der Waals surface area (Å²) in [6, 6.07) is 0.458. The molecule has 1 atom stereocenters. The average Bonchev–Trinajstić information content (AvgIpc) is 2.78. The highest BCUT2D eigenvalue weighted by Crippen LogP contribution is 2.29. The van der Waals surface area contributed by atoms with Gasteiger partial charge in [-0.15, -0.1) is 11.6 Å². The van der Waals surface area contributed by atoms with Gasteiger partial charge in [0.05, 0.1) is 6.33 Å². The van der Waals surface area contributed by atoms with E-state index in [1.807, 2.05) is 0 Å². The standard InChI is InChI=1S/C11H15BrClN3O/c12-9-10(14-7-15-11(9)17)16-6-2-4-8(16)3-1-5-13/h7-8H,1-6H2,(H,14,15,17). The molecule has 1 fully saturated rings. The van der Waals surface area contributed by atoms with Gasteiger partial charge in [-0.05, 0) is 41.6 Å². The van der Waals surface area contributed by atoms with Gasteiger partial charge in [0.1, 0.15) is 4.47 Å². The number of hydrogen-bond donors (Lipinski definition) is 1. The first-order valence-corrected chi connectivity index (χ1v) is 7.12. The highest BCUT2D eigenvalue weighted by atomic mass is 79.9. The monoisotopic (exact) mass is 319 g/mol. The van der Waals surface area contributed by atoms with E-state index in [0.717, 1.165) is 38.0 Å². The summed E-state index contributed by atoms with van der Waals surface area (Å²) in [5.41, 5.74) is -0.127. The molecule has 1 saturated heterocycles. The fraction of sp³-hybridized carbons (Fsp3) is 0.636. The van der Waals surface area contributed by atoms with Crippen LogP contribution in [0, 0.1) is 0 Å². The Kier molecular flexibility index (Phi) is 4.45. The molecule has 1 aliphatic heterocycles. The molecule has 1 aliphatic rings. The molecule has 6 heteroatoms. The average molecular weight is 321 g/mol. The Hall–Kier alpha value is -0.550. The number of hydrogen-bond acceptors (Lipinski definition) is 3. The second kappa shape index (κ2) is 5.87. The van der Waals surface area contributed by atoms with Crippen LogP contribution < -0.4 is 10.5 Å². The lowest BCUT2D eigenvalue weighted by molar-refractivity contribution is 0.597. The van der Waals surface area contributed by atoms with Gasteiger partial charge in [0, 0.05) is 18.5 Å². The van der Waals surface area contributed by atoms with E-state index in [2.05, 4.69) is 30.8 Å². The van der Waals surface area contributed by atoms with E-state index in [1.165, 1.54) is 6.33 Å². The van der Waals surface area contributed by atoms with Crippen molar-refractivity contribution in [3.63, 3.8) is 0 Å². The predicted octanol–water partition coefficient (Wildman–Crippen LogP) is 2.52. The normalized spacial score (nSPS) is 19.9. The second-order valence-electron chi connectivity index (χ2n) is 4.19. The largest absolute Gasteiger partial charge is 0.352 e. The summed E-state index contributed by atoms with van der Waals surface area (Å²) in [7, 11) is 0. The van der Waals surface area contributed by atoms with Crippen LogP contribution >= 0.6 is 27.5 Å². The molecular weight excluding hydrogens is 305 g/mol. The van der Waals surface area contributed by atoms with Crippen LogP contribution in [0.1, 0.15) is 25.7 Å². The highest BCUT2D eigenvalue weighted by molar-refractivity contribution is 9.10. The van der Waals surface area contributed by atoms with Gasteiger partial charge >= 0.3 is 0 Å². The summed E-state index contributed by atoms with van der Waals surface area (Å²) in [6.07, 6.45) is 5.82. The number of halogens is 2. The van der Waals surface area contributed by atoms with Crippen molar-refractivity contribution < 1.29 is 0 Å². The van der Waals surface area contributed by atoms with Crippen molar-refractivity contribution in [1.82, 2.24) is 9.97 Å². The molecule has 1 aromatic heterocycles. The number of rotatable bonds is 4. The second-order valence-corrected chi connectivity index (χ2v) is 5.36. The number of nitrogens with zero attached hydrogens (tertiary/aromatic N) is 2. The molecule has 2 rings (SSSR count). The Morgan fingerprint density at radius 3 is 3.24 bits per heavy atom. The van der Waals surface area contributed by atoms with Crippen LogP contribution in [-0.4, -0.2) is 28.4 Å². The summed E-state index contributed by atoms with van der Waals surface area (Å²) in [5.74, 6) is 1.44. The molecule has 0 bridgehead atoms. The van der Waals surface area contributed by atoms with Gasteiger partial charge < -0.3 is 9.88 Å². The van der Waals surface area contributed by atoms with Crippen LogP contribution in [0.15, 0.2) is 15.6 Å². The van der Waals surface area contributed by atoms with E-state index in [9.17, 15) is 4.79 Å². The molecule has 2 heterocycles. The minimum absolute atomic E-state index is 0.127. The molecule has 1 unspecified atom stereocenters. The van der Waals surface area contributed by atoms with E-state index in [4.69, 9.17) is 11.6 Å². The third-order valence-corrected chi connectivity index (χ3v) is 4.08. The molecule has 1 N–H and O–H groups in total. The summed E-state index contributed by atoms with van der Waals surface area (Å²) in [5, 5.41) is 0. The number of nitrogens with one attached hydrogen (secondary N) is 1. The molecule has 0 spiro atoms. The fourth-order valence-electron chi connectivity index (χ4n) is 2.30. The van der Waals surface area contributed by atoms with Gasteiger partial charge in [-0.2, -0.15) is 0 Å². The van der Waals surface area contributed by atoms with Crippen molar-refractivity contribution in [2.24, 2.45) is 0 Å². The Morgan fingerprint density at radius 2 is 2.47 bits per heavy atom. The number of aromatic nitrogens is 2. The molecular formula is C11H15BrClN3O. The van der Waals surface area contributed by atoms with Crippen molar-refractivity contribution in [2.45, 2.75) is 31.7 Å². The van der Waals surface area contributed by atoms with Crippen LogP contribution in [0.25, 0.3) is 0 Å². The molecule has 4 nitrogen and oxygen atoms in total. The van der Waals surface area contributed by atoms with Gasteiger partial charge in [-0.25, -0.2) is 4.98 Å². The zero-order chi connectivity index (χ0) is 12.3. The lowest BCUT2D eigenvalue weighted by Gasteiger charge is -2.26. The predicted molar refractivity (Wildman–Crippen MR) is 72.9 cm³/mol. The Labute approximate surface area is 114 Å². The first-order chi connectivity index (χ1) is 8.24. The minimum Gasteiger partial charge on any atom is -0.352 e. The van der Waals surface area contributed by atoms with E-state index in [0.29, 0.717) is 16.4 Å². The topological polar surface area (TPSA) is 49.0 Å². The quantitative estimate of drug-likeness (QED) is 0.867. The number of aromatic amines is 1. The Bertz CT molecular complexity index is 437. The third kappa shape index (κ3) is 2.83. The first kappa shape index (κ1) is 12.9. The zero-order valence-corrected chi connectivity index (χ0v) is 11.8. The van der Waals surface area contributed by atoms with Crippen LogP contribution in [0.4, 0.5) is 5.82 Å². The van der Waals surface area contributed by atoms with E-state index < -0.39 is 0 Å². The zero-order valence-electron chi connectivity index (χ0n) is 9.46. The van der Waals surface area contributed by atoms with Crippen molar-refractivity contribution in [3.05, 3.63) is 21.2 Å². The van der Waals surface area contributed by atoms with Crippen LogP contribution in [-0.2, 0) is 0 Å². The lowest BCUT2D eigenvalue weighted by atomic mass is 10.1. The van der Waals surface area contributed by atoms with E-state index in [1.54, 1.807) is 0 Å². The van der Waals surface area contributed by atoms with Crippen LogP contribution in [0.2, 0.25) is 0 Å². The molecule has 0 saturated carbocycles. The molecule has 0 radical (unpaired) electrons. The summed E-state index contributed by atoms with van der Waals surface area (Å²) in [4.78, 5) is 20.6. The summed E-state index contributed by atoms with van der Waals surface area (Å²) < 4.78 is 0.526. The number of alkyl halides is 1. The Morgan fingerprint density at radius 1 is 1.65 bits per heavy atom. The number of anilines is 1. The molecule has 0 amide bonds. The number of H-pyrrole nitrogens is 1. The summed E-state index contributed by atoms with van der Waals surface area (Å²) >= 11 is 9.04. The third-order valence-electron chi connectivity index (χ3n) is 3.10. The smallest absolute Gasteiger partial charge is 0.267 e. The van der Waals surface area contributed by atoms with Crippen LogP contribution in [0.5, 0.6) is 0 Å². The Balaban J connectivity index is 2.20. The summed E-state index contributed by atoms with van der Waals surface area (Å²) in [6.45, 7) is 0.960. The van der Waals surface area contributed by atoms with Crippen molar-refractivity contribution >= 4 is 33.3 Å². The molecule has 17 heavy (non-hydrogen) atoms. The van der Waals surface area contributed by atoms with Gasteiger partial charge in [-0.1, -0.05) is 0 Å². The minimum atomic E-state index is -0.127. The lowest BCUT2D eigenvalue weighted by Crippen LogP contribution is -2.31. The first-order valence-electron chi connectivity index (χ1n) is 5.80. The molecule has 1 aromatic rings. The fourth-order valence-corrected chi connectivity index (χ4v) is 2.90. The van der Waals surface area contributed by atoms with E-state index in [-0.39, 0.29) is 5.56 Å². The van der Waals surface area contributed by atoms with Gasteiger partial charge in [0.15, 0.2) is 5.82 Å². The molecule has 0 aliphatic carbocycles. The maximum atomic E-state index is 11.5. The SMILES string of the molecule is O=c1[nH]cnc(N2CCCC2CCCCl)c1Br. The molecule has 94 valence electrons. The maximum Gasteiger partial charge on any atom is 0.267 e. The maximum absolute atomic E-state index is 11.5. The highest BCUT2D eigenvalue weighted by Gasteiger charge is 2.27. The van der Waals surface area contributed by atoms with Crippen molar-refractivity contribution in [1.29, 1.82) is 0 Å². The van der Waals surface area contributed by atoms with Gasteiger partial charge in [0.25, 0.3) is 5.56 Å². The van der Waals surface area contributed by atoms with Crippen LogP contribution in [0.3, 0.4) is 0 Å².